The summed E-state index contributed by atoms with van der Waals surface area (Å²) in [6.07, 6.45) is 0. The molecule has 1 unspecified atom stereocenters. The van der Waals surface area contributed by atoms with Gasteiger partial charge in [0.05, 0.1) is 22.1 Å². The second kappa shape index (κ2) is 5.35. The Bertz CT molecular complexity index is 784. The van der Waals surface area contributed by atoms with Gasteiger partial charge < -0.3 is 9.55 Å². The van der Waals surface area contributed by atoms with E-state index in [4.69, 9.17) is 23.8 Å². The van der Waals surface area contributed by atoms with Gasteiger partial charge in [0.25, 0.3) is 0 Å². The van der Waals surface area contributed by atoms with E-state index in [1.54, 1.807) is 11.3 Å². The molecule has 0 saturated carbocycles. The first-order valence-corrected chi connectivity index (χ1v) is 8.18. The van der Waals surface area contributed by atoms with Gasteiger partial charge >= 0.3 is 0 Å². The third kappa shape index (κ3) is 2.22. The summed E-state index contributed by atoms with van der Waals surface area (Å²) in [5, 5.41) is 2.82. The zero-order chi connectivity index (χ0) is 14.3. The van der Waals surface area contributed by atoms with Crippen molar-refractivity contribution in [1.29, 1.82) is 0 Å². The van der Waals surface area contributed by atoms with E-state index in [1.807, 2.05) is 12.1 Å². The van der Waals surface area contributed by atoms with E-state index in [0.717, 1.165) is 15.8 Å². The summed E-state index contributed by atoms with van der Waals surface area (Å²) in [4.78, 5) is 4.56. The lowest BCUT2D eigenvalue weighted by Gasteiger charge is -2.22. The fraction of sp³-hybridized carbons (Fsp3) is 0.267. The van der Waals surface area contributed by atoms with Crippen LogP contribution in [-0.4, -0.2) is 9.55 Å². The molecule has 1 N–H and O–H groups in total. The number of aromatic amines is 1. The summed E-state index contributed by atoms with van der Waals surface area (Å²) in [6, 6.07) is 10.4. The minimum Gasteiger partial charge on any atom is -0.329 e. The highest BCUT2D eigenvalue weighted by atomic mass is 35.5. The Morgan fingerprint density at radius 2 is 2.05 bits per heavy atom. The van der Waals surface area contributed by atoms with E-state index in [9.17, 15) is 0 Å². The number of aromatic nitrogens is 2. The number of thiophene rings is 1. The molecular formula is C15H15ClN2S2. The quantitative estimate of drug-likeness (QED) is 0.617. The highest BCUT2D eigenvalue weighted by molar-refractivity contribution is 7.71. The average Bonchev–Trinajstić information content (AvgIpc) is 3.01. The molecule has 2 nitrogen and oxygen atoms in total. The van der Waals surface area contributed by atoms with Crippen LogP contribution >= 0.6 is 35.2 Å². The molecule has 5 heteroatoms. The van der Waals surface area contributed by atoms with Gasteiger partial charge in [0.2, 0.25) is 0 Å². The molecule has 0 aliphatic carbocycles. The number of imidazole rings is 1. The van der Waals surface area contributed by atoms with Crippen LogP contribution in [0.3, 0.4) is 0 Å². The van der Waals surface area contributed by atoms with Crippen LogP contribution in [0.2, 0.25) is 5.02 Å². The lowest BCUT2D eigenvalue weighted by atomic mass is 10.0. The fourth-order valence-electron chi connectivity index (χ4n) is 2.60. The molecule has 3 rings (SSSR count). The van der Waals surface area contributed by atoms with Gasteiger partial charge in [-0.25, -0.2) is 0 Å². The molecule has 0 radical (unpaired) electrons. The molecule has 0 fully saturated rings. The number of para-hydroxylation sites is 1. The Balaban J connectivity index is 2.30. The molecule has 104 valence electrons. The smallest absolute Gasteiger partial charge is 0.178 e. The number of H-pyrrole nitrogens is 1. The summed E-state index contributed by atoms with van der Waals surface area (Å²) < 4.78 is 2.91. The maximum absolute atomic E-state index is 6.26. The molecule has 0 aliphatic rings. The van der Waals surface area contributed by atoms with Gasteiger partial charge in [-0.05, 0) is 41.7 Å². The van der Waals surface area contributed by atoms with E-state index >= 15 is 0 Å². The van der Waals surface area contributed by atoms with Crippen LogP contribution in [0.15, 0.2) is 35.7 Å². The third-order valence-electron chi connectivity index (χ3n) is 3.45. The molecule has 3 aromatic rings. The second-order valence-corrected chi connectivity index (χ2v) is 6.91. The van der Waals surface area contributed by atoms with Crippen molar-refractivity contribution in [1.82, 2.24) is 9.55 Å². The maximum Gasteiger partial charge on any atom is 0.178 e. The van der Waals surface area contributed by atoms with Crippen LogP contribution < -0.4 is 0 Å². The summed E-state index contributed by atoms with van der Waals surface area (Å²) >= 11 is 13.6. The van der Waals surface area contributed by atoms with E-state index in [0.29, 0.717) is 10.9 Å². The SMILES string of the molecule is CC(C)C(c1cccs1)n1c(=S)[nH]c2c(Cl)cccc21. The third-order valence-corrected chi connectivity index (χ3v) is 5.00. The van der Waals surface area contributed by atoms with Crippen LogP contribution in [0, 0.1) is 10.7 Å². The van der Waals surface area contributed by atoms with Gasteiger partial charge in [-0.15, -0.1) is 11.3 Å². The number of nitrogens with zero attached hydrogens (tertiary/aromatic N) is 1. The first kappa shape index (κ1) is 13.9. The molecule has 0 amide bonds. The zero-order valence-electron chi connectivity index (χ0n) is 11.3. The number of halogens is 1. The average molecular weight is 323 g/mol. The van der Waals surface area contributed by atoms with Crippen molar-refractivity contribution in [2.45, 2.75) is 19.9 Å². The highest BCUT2D eigenvalue weighted by Gasteiger charge is 2.22. The Morgan fingerprint density at radius 1 is 1.25 bits per heavy atom. The largest absolute Gasteiger partial charge is 0.329 e. The number of fused-ring (bicyclic) bond motifs is 1. The summed E-state index contributed by atoms with van der Waals surface area (Å²) in [7, 11) is 0. The van der Waals surface area contributed by atoms with E-state index in [-0.39, 0.29) is 6.04 Å². The van der Waals surface area contributed by atoms with Gasteiger partial charge in [0, 0.05) is 4.88 Å². The van der Waals surface area contributed by atoms with Crippen LogP contribution in [0.25, 0.3) is 11.0 Å². The van der Waals surface area contributed by atoms with E-state index in [2.05, 4.69) is 47.0 Å². The van der Waals surface area contributed by atoms with E-state index < -0.39 is 0 Å². The van der Waals surface area contributed by atoms with Crippen molar-refractivity contribution >= 4 is 46.2 Å². The van der Waals surface area contributed by atoms with Gasteiger partial charge in [-0.1, -0.05) is 37.6 Å². The normalized spacial score (nSPS) is 13.2. The Morgan fingerprint density at radius 3 is 2.70 bits per heavy atom. The van der Waals surface area contributed by atoms with Crippen molar-refractivity contribution in [3.05, 3.63) is 50.4 Å². The predicted molar refractivity (Wildman–Crippen MR) is 89.4 cm³/mol. The summed E-state index contributed by atoms with van der Waals surface area (Å²) in [5.74, 6) is 0.443. The summed E-state index contributed by atoms with van der Waals surface area (Å²) in [6.45, 7) is 4.44. The number of hydrogen-bond donors (Lipinski definition) is 1. The molecule has 2 aromatic heterocycles. The van der Waals surface area contributed by atoms with Crippen molar-refractivity contribution < 1.29 is 0 Å². The predicted octanol–water partition coefficient (Wildman–Crippen LogP) is 5.66. The van der Waals surface area contributed by atoms with Crippen molar-refractivity contribution in [2.75, 3.05) is 0 Å². The zero-order valence-corrected chi connectivity index (χ0v) is 13.6. The number of hydrogen-bond acceptors (Lipinski definition) is 2. The van der Waals surface area contributed by atoms with Crippen LogP contribution in [0.5, 0.6) is 0 Å². The van der Waals surface area contributed by atoms with Crippen molar-refractivity contribution in [3.63, 3.8) is 0 Å². The van der Waals surface area contributed by atoms with Gasteiger partial charge in [-0.2, -0.15) is 0 Å². The monoisotopic (exact) mass is 322 g/mol. The molecular weight excluding hydrogens is 308 g/mol. The van der Waals surface area contributed by atoms with Crippen LogP contribution in [-0.2, 0) is 0 Å². The lowest BCUT2D eigenvalue weighted by molar-refractivity contribution is 0.449. The molecule has 0 aliphatic heterocycles. The van der Waals surface area contributed by atoms with Gasteiger partial charge in [-0.3, -0.25) is 0 Å². The first-order chi connectivity index (χ1) is 9.59. The molecule has 0 saturated heterocycles. The molecule has 0 spiro atoms. The standard InChI is InChI=1S/C15H15ClN2S2/c1-9(2)14(12-7-4-8-20-12)18-11-6-3-5-10(16)13(11)17-15(18)19/h3-9,14H,1-2H3,(H,17,19). The van der Waals surface area contributed by atoms with Crippen molar-refractivity contribution in [2.24, 2.45) is 5.92 Å². The molecule has 20 heavy (non-hydrogen) atoms. The van der Waals surface area contributed by atoms with Gasteiger partial charge in [0.1, 0.15) is 0 Å². The summed E-state index contributed by atoms with van der Waals surface area (Å²) in [5.41, 5.74) is 1.98. The Kier molecular flexibility index (Phi) is 3.71. The topological polar surface area (TPSA) is 20.7 Å². The molecule has 1 atom stereocenters. The molecule has 2 heterocycles. The van der Waals surface area contributed by atoms with Crippen LogP contribution in [0.1, 0.15) is 24.8 Å². The molecule has 0 bridgehead atoms. The maximum atomic E-state index is 6.26. The number of benzene rings is 1. The number of rotatable bonds is 3. The lowest BCUT2D eigenvalue weighted by Crippen LogP contribution is -2.15. The van der Waals surface area contributed by atoms with Crippen molar-refractivity contribution in [3.8, 4) is 0 Å². The highest BCUT2D eigenvalue weighted by Crippen LogP contribution is 2.34. The number of nitrogens with one attached hydrogen (secondary N) is 1. The fourth-order valence-corrected chi connectivity index (χ4v) is 4.12. The Labute approximate surface area is 132 Å². The van der Waals surface area contributed by atoms with Crippen LogP contribution in [0.4, 0.5) is 0 Å². The second-order valence-electron chi connectivity index (χ2n) is 5.14. The van der Waals surface area contributed by atoms with Gasteiger partial charge in [0.15, 0.2) is 4.77 Å². The Hall–Kier alpha value is -1.10. The minimum atomic E-state index is 0.231. The first-order valence-electron chi connectivity index (χ1n) is 6.51. The molecule has 1 aromatic carbocycles. The van der Waals surface area contributed by atoms with E-state index in [1.165, 1.54) is 4.88 Å². The minimum absolute atomic E-state index is 0.231.